The van der Waals surface area contributed by atoms with Crippen LogP contribution in [0.4, 0.5) is 5.69 Å². The number of rotatable bonds is 2. The van der Waals surface area contributed by atoms with E-state index in [9.17, 15) is 4.79 Å². The highest BCUT2D eigenvalue weighted by Gasteiger charge is 2.24. The lowest BCUT2D eigenvalue weighted by Crippen LogP contribution is -2.34. The molecule has 1 aromatic heterocycles. The zero-order chi connectivity index (χ0) is 14.1. The highest BCUT2D eigenvalue weighted by molar-refractivity contribution is 5.81. The summed E-state index contributed by atoms with van der Waals surface area (Å²) < 4.78 is 6.65. The summed E-state index contributed by atoms with van der Waals surface area (Å²) in [7, 11) is 3.35. The Bertz CT molecular complexity index is 648. The first-order valence-electron chi connectivity index (χ1n) is 6.64. The molecule has 0 radical (unpaired) electrons. The second kappa shape index (κ2) is 5.00. The molecule has 2 aromatic rings. The standard InChI is InChI=1S/C15H17N3O2/c1-18-14(7-8-16-18)11-4-5-12-10(9-11)3-6-13(17-12)15(19)20-2/h4-5,7-9,13,17H,3,6H2,1-2H3. The van der Waals surface area contributed by atoms with Crippen molar-refractivity contribution >= 4 is 11.7 Å². The van der Waals surface area contributed by atoms with Gasteiger partial charge < -0.3 is 10.1 Å². The minimum Gasteiger partial charge on any atom is -0.467 e. The van der Waals surface area contributed by atoms with Crippen LogP contribution in [-0.2, 0) is 23.0 Å². The molecule has 0 fully saturated rings. The highest BCUT2D eigenvalue weighted by Crippen LogP contribution is 2.30. The van der Waals surface area contributed by atoms with Crippen molar-refractivity contribution in [1.82, 2.24) is 9.78 Å². The molecule has 0 bridgehead atoms. The summed E-state index contributed by atoms with van der Waals surface area (Å²) in [6.45, 7) is 0. The number of aromatic nitrogens is 2. The van der Waals surface area contributed by atoms with Crippen molar-refractivity contribution < 1.29 is 9.53 Å². The minimum atomic E-state index is -0.241. The summed E-state index contributed by atoms with van der Waals surface area (Å²) in [5.74, 6) is -0.202. The van der Waals surface area contributed by atoms with Crippen LogP contribution in [-0.4, -0.2) is 28.9 Å². The van der Waals surface area contributed by atoms with E-state index in [1.807, 2.05) is 29.9 Å². The van der Waals surface area contributed by atoms with E-state index in [0.717, 1.165) is 29.8 Å². The lowest BCUT2D eigenvalue weighted by Gasteiger charge is -2.25. The SMILES string of the molecule is COC(=O)C1CCc2cc(-c3ccnn3C)ccc2N1. The van der Waals surface area contributed by atoms with Crippen molar-refractivity contribution in [3.8, 4) is 11.3 Å². The number of nitrogens with one attached hydrogen (secondary N) is 1. The number of anilines is 1. The maximum Gasteiger partial charge on any atom is 0.328 e. The molecule has 0 aliphatic carbocycles. The van der Waals surface area contributed by atoms with Crippen molar-refractivity contribution in [1.29, 1.82) is 0 Å². The third-order valence-corrected chi connectivity index (χ3v) is 3.74. The summed E-state index contributed by atoms with van der Waals surface area (Å²) in [4.78, 5) is 11.6. The van der Waals surface area contributed by atoms with Gasteiger partial charge in [-0.25, -0.2) is 4.79 Å². The molecule has 5 nitrogen and oxygen atoms in total. The molecule has 1 atom stereocenters. The Morgan fingerprint density at radius 3 is 3.00 bits per heavy atom. The fourth-order valence-electron chi connectivity index (χ4n) is 2.64. The Morgan fingerprint density at radius 2 is 2.30 bits per heavy atom. The van der Waals surface area contributed by atoms with Gasteiger partial charge in [0.1, 0.15) is 6.04 Å². The second-order valence-electron chi connectivity index (χ2n) is 4.97. The average Bonchev–Trinajstić information content (AvgIpc) is 2.91. The van der Waals surface area contributed by atoms with Gasteiger partial charge in [0.05, 0.1) is 12.8 Å². The van der Waals surface area contributed by atoms with Crippen molar-refractivity contribution in [2.24, 2.45) is 7.05 Å². The van der Waals surface area contributed by atoms with Crippen LogP contribution in [0.25, 0.3) is 11.3 Å². The Morgan fingerprint density at radius 1 is 1.45 bits per heavy atom. The van der Waals surface area contributed by atoms with Gasteiger partial charge in [-0.2, -0.15) is 5.10 Å². The van der Waals surface area contributed by atoms with Gasteiger partial charge >= 0.3 is 5.97 Å². The molecular formula is C15H17N3O2. The number of nitrogens with zero attached hydrogens (tertiary/aromatic N) is 2. The fourth-order valence-corrected chi connectivity index (χ4v) is 2.64. The number of esters is 1. The van der Waals surface area contributed by atoms with Crippen LogP contribution in [0, 0.1) is 0 Å². The van der Waals surface area contributed by atoms with Gasteiger partial charge in [-0.05, 0) is 36.6 Å². The first-order chi connectivity index (χ1) is 9.69. The predicted octanol–water partition coefficient (Wildman–Crippen LogP) is 1.99. The minimum absolute atomic E-state index is 0.202. The number of benzene rings is 1. The molecule has 0 saturated heterocycles. The molecule has 20 heavy (non-hydrogen) atoms. The van der Waals surface area contributed by atoms with Crippen LogP contribution >= 0.6 is 0 Å². The van der Waals surface area contributed by atoms with Crippen LogP contribution in [0.3, 0.4) is 0 Å². The Balaban J connectivity index is 1.89. The van der Waals surface area contributed by atoms with Gasteiger partial charge in [-0.1, -0.05) is 6.07 Å². The van der Waals surface area contributed by atoms with Crippen LogP contribution < -0.4 is 5.32 Å². The molecule has 1 unspecified atom stereocenters. The van der Waals surface area contributed by atoms with Gasteiger partial charge in [0.2, 0.25) is 0 Å². The summed E-state index contributed by atoms with van der Waals surface area (Å²) in [5, 5.41) is 7.43. The molecule has 1 aliphatic heterocycles. The fraction of sp³-hybridized carbons (Fsp3) is 0.333. The molecule has 0 spiro atoms. The monoisotopic (exact) mass is 271 g/mol. The average molecular weight is 271 g/mol. The summed E-state index contributed by atoms with van der Waals surface area (Å²) >= 11 is 0. The van der Waals surface area contributed by atoms with Crippen molar-refractivity contribution in [2.45, 2.75) is 18.9 Å². The molecule has 1 N–H and O–H groups in total. The van der Waals surface area contributed by atoms with Crippen LogP contribution in [0.15, 0.2) is 30.5 Å². The number of hydrogen-bond donors (Lipinski definition) is 1. The van der Waals surface area contributed by atoms with Crippen molar-refractivity contribution in [3.63, 3.8) is 0 Å². The zero-order valence-electron chi connectivity index (χ0n) is 11.6. The molecule has 1 aliphatic rings. The molecular weight excluding hydrogens is 254 g/mol. The Kier molecular flexibility index (Phi) is 3.18. The molecule has 5 heteroatoms. The molecule has 1 aromatic carbocycles. The Labute approximate surface area is 117 Å². The van der Waals surface area contributed by atoms with Crippen LogP contribution in [0.5, 0.6) is 0 Å². The van der Waals surface area contributed by atoms with E-state index in [2.05, 4.69) is 16.5 Å². The van der Waals surface area contributed by atoms with Crippen LogP contribution in [0.2, 0.25) is 0 Å². The zero-order valence-corrected chi connectivity index (χ0v) is 11.6. The number of hydrogen-bond acceptors (Lipinski definition) is 4. The normalized spacial score (nSPS) is 17.2. The number of aryl methyl sites for hydroxylation is 2. The number of methoxy groups -OCH3 is 1. The Hall–Kier alpha value is -2.30. The number of fused-ring (bicyclic) bond motifs is 1. The smallest absolute Gasteiger partial charge is 0.328 e. The molecule has 0 amide bonds. The molecule has 3 rings (SSSR count). The summed E-state index contributed by atoms with van der Waals surface area (Å²) in [6.07, 6.45) is 3.42. The highest BCUT2D eigenvalue weighted by atomic mass is 16.5. The molecule has 0 saturated carbocycles. The third kappa shape index (κ3) is 2.15. The lowest BCUT2D eigenvalue weighted by molar-refractivity contribution is -0.141. The van der Waals surface area contributed by atoms with E-state index in [1.165, 1.54) is 12.7 Å². The van der Waals surface area contributed by atoms with E-state index in [0.29, 0.717) is 0 Å². The van der Waals surface area contributed by atoms with E-state index >= 15 is 0 Å². The first-order valence-corrected chi connectivity index (χ1v) is 6.64. The second-order valence-corrected chi connectivity index (χ2v) is 4.97. The predicted molar refractivity (Wildman–Crippen MR) is 76.4 cm³/mol. The van der Waals surface area contributed by atoms with E-state index in [4.69, 9.17) is 4.74 Å². The molecule has 104 valence electrons. The lowest BCUT2D eigenvalue weighted by atomic mass is 9.95. The van der Waals surface area contributed by atoms with Crippen molar-refractivity contribution in [2.75, 3.05) is 12.4 Å². The summed E-state index contributed by atoms with van der Waals surface area (Å²) in [5.41, 5.74) is 4.46. The van der Waals surface area contributed by atoms with Gasteiger partial charge in [0.15, 0.2) is 0 Å². The summed E-state index contributed by atoms with van der Waals surface area (Å²) in [6, 6.07) is 7.98. The van der Waals surface area contributed by atoms with Crippen molar-refractivity contribution in [3.05, 3.63) is 36.0 Å². The van der Waals surface area contributed by atoms with Gasteiger partial charge in [0.25, 0.3) is 0 Å². The maximum absolute atomic E-state index is 11.6. The maximum atomic E-state index is 11.6. The van der Waals surface area contributed by atoms with E-state index in [1.54, 1.807) is 6.20 Å². The third-order valence-electron chi connectivity index (χ3n) is 3.74. The molecule has 2 heterocycles. The first kappa shape index (κ1) is 12.7. The van der Waals surface area contributed by atoms with Gasteiger partial charge in [0, 0.05) is 24.5 Å². The van der Waals surface area contributed by atoms with Gasteiger partial charge in [-0.3, -0.25) is 4.68 Å². The van der Waals surface area contributed by atoms with Gasteiger partial charge in [-0.15, -0.1) is 0 Å². The van der Waals surface area contributed by atoms with Crippen LogP contribution in [0.1, 0.15) is 12.0 Å². The quantitative estimate of drug-likeness (QED) is 0.849. The number of carbonyl (C=O) groups excluding carboxylic acids is 1. The topological polar surface area (TPSA) is 56.1 Å². The number of carbonyl (C=O) groups is 1. The number of ether oxygens (including phenoxy) is 1. The largest absolute Gasteiger partial charge is 0.467 e. The van der Waals surface area contributed by atoms with E-state index < -0.39 is 0 Å². The van der Waals surface area contributed by atoms with E-state index in [-0.39, 0.29) is 12.0 Å².